The van der Waals surface area contributed by atoms with Crippen LogP contribution in [0.3, 0.4) is 0 Å². The number of carbonyl (C=O) groups excluding carboxylic acids is 1. The fraction of sp³-hybridized carbons (Fsp3) is 0.364. The van der Waals surface area contributed by atoms with Crippen molar-refractivity contribution in [3.63, 3.8) is 0 Å². The second-order valence-corrected chi connectivity index (χ2v) is 4.63. The Morgan fingerprint density at radius 1 is 1.39 bits per heavy atom. The average Bonchev–Trinajstić information content (AvgIpc) is 2.24. The van der Waals surface area contributed by atoms with Crippen LogP contribution in [0.1, 0.15) is 16.8 Å². The van der Waals surface area contributed by atoms with E-state index in [1.54, 1.807) is 0 Å². The van der Waals surface area contributed by atoms with Crippen molar-refractivity contribution in [2.45, 2.75) is 12.6 Å². The van der Waals surface area contributed by atoms with E-state index in [9.17, 15) is 22.4 Å². The Labute approximate surface area is 110 Å². The fourth-order valence-corrected chi connectivity index (χ4v) is 1.60. The molecular weight excluding hydrogens is 318 g/mol. The lowest BCUT2D eigenvalue weighted by Crippen LogP contribution is -2.31. The van der Waals surface area contributed by atoms with Crippen LogP contribution in [0.2, 0.25) is 0 Å². The molecule has 0 heterocycles. The molecule has 1 rings (SSSR count). The van der Waals surface area contributed by atoms with Crippen LogP contribution < -0.4 is 0 Å². The molecule has 0 fully saturated rings. The highest BCUT2D eigenvalue weighted by Gasteiger charge is 2.28. The minimum atomic E-state index is -4.34. The molecule has 0 bridgehead atoms. The molecule has 18 heavy (non-hydrogen) atoms. The molecule has 0 aliphatic rings. The standard InChI is InChI=1S/C11H10BrF4NO/c1-17(5-4-11(14,15)16)10(18)8-3-2-7(12)6-9(8)13/h2-3,6H,4-5H2,1H3. The van der Waals surface area contributed by atoms with Gasteiger partial charge in [0.05, 0.1) is 12.0 Å². The van der Waals surface area contributed by atoms with E-state index in [-0.39, 0.29) is 5.56 Å². The van der Waals surface area contributed by atoms with E-state index in [0.29, 0.717) is 4.47 Å². The number of alkyl halides is 3. The van der Waals surface area contributed by atoms with Crippen molar-refractivity contribution in [3.05, 3.63) is 34.1 Å². The summed E-state index contributed by atoms with van der Waals surface area (Å²) >= 11 is 3.03. The number of rotatable bonds is 3. The van der Waals surface area contributed by atoms with Crippen LogP contribution in [0.25, 0.3) is 0 Å². The van der Waals surface area contributed by atoms with Gasteiger partial charge in [0.15, 0.2) is 0 Å². The summed E-state index contributed by atoms with van der Waals surface area (Å²) in [6, 6.07) is 3.77. The van der Waals surface area contributed by atoms with Crippen molar-refractivity contribution in [2.24, 2.45) is 0 Å². The summed E-state index contributed by atoms with van der Waals surface area (Å²) in [6.07, 6.45) is -5.46. The van der Waals surface area contributed by atoms with Crippen molar-refractivity contribution in [1.82, 2.24) is 4.90 Å². The van der Waals surface area contributed by atoms with E-state index >= 15 is 0 Å². The maximum atomic E-state index is 13.4. The second-order valence-electron chi connectivity index (χ2n) is 3.72. The monoisotopic (exact) mass is 327 g/mol. The lowest BCUT2D eigenvalue weighted by Gasteiger charge is -2.18. The summed E-state index contributed by atoms with van der Waals surface area (Å²) in [5, 5.41) is 0. The minimum Gasteiger partial charge on any atom is -0.341 e. The highest BCUT2D eigenvalue weighted by molar-refractivity contribution is 9.10. The van der Waals surface area contributed by atoms with Gasteiger partial charge >= 0.3 is 6.18 Å². The molecule has 1 aromatic rings. The molecule has 0 aliphatic carbocycles. The van der Waals surface area contributed by atoms with Gasteiger partial charge in [-0.25, -0.2) is 4.39 Å². The second kappa shape index (κ2) is 5.69. The molecule has 1 amide bonds. The average molecular weight is 328 g/mol. The molecule has 0 saturated heterocycles. The number of hydrogen-bond acceptors (Lipinski definition) is 1. The highest BCUT2D eigenvalue weighted by atomic mass is 79.9. The first kappa shape index (κ1) is 14.9. The van der Waals surface area contributed by atoms with Crippen LogP contribution in [0, 0.1) is 5.82 Å². The number of halogens is 5. The summed E-state index contributed by atoms with van der Waals surface area (Å²) in [5.41, 5.74) is -0.247. The summed E-state index contributed by atoms with van der Waals surface area (Å²) in [7, 11) is 1.20. The topological polar surface area (TPSA) is 20.3 Å². The molecule has 0 aromatic heterocycles. The Morgan fingerprint density at radius 2 is 2.00 bits per heavy atom. The molecule has 0 radical (unpaired) electrons. The van der Waals surface area contributed by atoms with Gasteiger partial charge < -0.3 is 4.90 Å². The molecule has 0 N–H and O–H groups in total. The number of nitrogens with zero attached hydrogens (tertiary/aromatic N) is 1. The van der Waals surface area contributed by atoms with Crippen LogP contribution in [0.15, 0.2) is 22.7 Å². The van der Waals surface area contributed by atoms with Crippen molar-refractivity contribution in [3.8, 4) is 0 Å². The van der Waals surface area contributed by atoms with E-state index < -0.39 is 30.9 Å². The predicted molar refractivity (Wildman–Crippen MR) is 61.7 cm³/mol. The first-order chi connectivity index (χ1) is 8.20. The van der Waals surface area contributed by atoms with Gasteiger partial charge in [0.25, 0.3) is 5.91 Å². The molecule has 0 unspecified atom stereocenters. The molecule has 1 aromatic carbocycles. The zero-order valence-corrected chi connectivity index (χ0v) is 11.0. The van der Waals surface area contributed by atoms with Crippen LogP contribution in [0.5, 0.6) is 0 Å². The fourth-order valence-electron chi connectivity index (χ4n) is 1.26. The van der Waals surface area contributed by atoms with Crippen molar-refractivity contribution in [2.75, 3.05) is 13.6 Å². The van der Waals surface area contributed by atoms with E-state index in [1.807, 2.05) is 0 Å². The Kier molecular flexibility index (Phi) is 4.72. The van der Waals surface area contributed by atoms with E-state index in [2.05, 4.69) is 15.9 Å². The van der Waals surface area contributed by atoms with E-state index in [4.69, 9.17) is 0 Å². The summed E-state index contributed by atoms with van der Waals surface area (Å²) in [4.78, 5) is 12.5. The summed E-state index contributed by atoms with van der Waals surface area (Å²) in [5.74, 6) is -1.54. The van der Waals surface area contributed by atoms with Gasteiger partial charge in [-0.15, -0.1) is 0 Å². The third-order valence-electron chi connectivity index (χ3n) is 2.24. The van der Waals surface area contributed by atoms with Crippen LogP contribution in [0.4, 0.5) is 17.6 Å². The SMILES string of the molecule is CN(CCC(F)(F)F)C(=O)c1ccc(Br)cc1F. The lowest BCUT2D eigenvalue weighted by atomic mass is 10.2. The van der Waals surface area contributed by atoms with Gasteiger partial charge in [0, 0.05) is 18.1 Å². The molecule has 0 atom stereocenters. The van der Waals surface area contributed by atoms with Crippen LogP contribution >= 0.6 is 15.9 Å². The van der Waals surface area contributed by atoms with Crippen molar-refractivity contribution in [1.29, 1.82) is 0 Å². The molecule has 0 spiro atoms. The Balaban J connectivity index is 2.74. The molecule has 0 aliphatic heterocycles. The summed E-state index contributed by atoms with van der Waals surface area (Å²) in [6.45, 7) is -0.502. The van der Waals surface area contributed by atoms with E-state index in [1.165, 1.54) is 19.2 Å². The van der Waals surface area contributed by atoms with Gasteiger partial charge in [0.2, 0.25) is 0 Å². The lowest BCUT2D eigenvalue weighted by molar-refractivity contribution is -0.136. The number of carbonyl (C=O) groups is 1. The third kappa shape index (κ3) is 4.29. The Bertz CT molecular complexity index is 447. The van der Waals surface area contributed by atoms with Crippen molar-refractivity contribution >= 4 is 21.8 Å². The minimum absolute atomic E-state index is 0.247. The number of amides is 1. The first-order valence-electron chi connectivity index (χ1n) is 4.98. The first-order valence-corrected chi connectivity index (χ1v) is 5.77. The van der Waals surface area contributed by atoms with Gasteiger partial charge in [-0.1, -0.05) is 15.9 Å². The predicted octanol–water partition coefficient (Wildman–Crippen LogP) is 3.61. The zero-order chi connectivity index (χ0) is 13.9. The third-order valence-corrected chi connectivity index (χ3v) is 2.73. The van der Waals surface area contributed by atoms with Crippen LogP contribution in [-0.4, -0.2) is 30.6 Å². The largest absolute Gasteiger partial charge is 0.390 e. The van der Waals surface area contributed by atoms with Gasteiger partial charge in [-0.3, -0.25) is 4.79 Å². The zero-order valence-electron chi connectivity index (χ0n) is 9.39. The maximum Gasteiger partial charge on any atom is 0.390 e. The number of hydrogen-bond donors (Lipinski definition) is 0. The normalized spacial score (nSPS) is 11.4. The van der Waals surface area contributed by atoms with Gasteiger partial charge in [-0.2, -0.15) is 13.2 Å². The molecule has 7 heteroatoms. The van der Waals surface area contributed by atoms with Gasteiger partial charge in [0.1, 0.15) is 5.82 Å². The molecule has 100 valence electrons. The van der Waals surface area contributed by atoms with Crippen LogP contribution in [-0.2, 0) is 0 Å². The molecular formula is C11H10BrF4NO. The highest BCUT2D eigenvalue weighted by Crippen LogP contribution is 2.21. The van der Waals surface area contributed by atoms with Crippen molar-refractivity contribution < 1.29 is 22.4 Å². The maximum absolute atomic E-state index is 13.4. The smallest absolute Gasteiger partial charge is 0.341 e. The molecule has 0 saturated carbocycles. The Hall–Kier alpha value is -1.11. The molecule has 2 nitrogen and oxygen atoms in total. The Morgan fingerprint density at radius 3 is 2.50 bits per heavy atom. The quantitative estimate of drug-likeness (QED) is 0.776. The van der Waals surface area contributed by atoms with Gasteiger partial charge in [-0.05, 0) is 18.2 Å². The number of benzene rings is 1. The summed E-state index contributed by atoms with van der Waals surface area (Å²) < 4.78 is 49.9. The van der Waals surface area contributed by atoms with E-state index in [0.717, 1.165) is 11.0 Å².